The number of hydrogen-bond acceptors (Lipinski definition) is 4. The van der Waals surface area contributed by atoms with E-state index in [0.717, 1.165) is 23.9 Å². The van der Waals surface area contributed by atoms with Crippen LogP contribution < -0.4 is 10.2 Å². The molecule has 2 aromatic rings. The smallest absolute Gasteiger partial charge is 0.189 e. The van der Waals surface area contributed by atoms with Crippen molar-refractivity contribution in [2.24, 2.45) is 5.92 Å². The van der Waals surface area contributed by atoms with Crippen LogP contribution in [0.1, 0.15) is 18.7 Å². The number of halogens is 1. The van der Waals surface area contributed by atoms with E-state index >= 15 is 0 Å². The number of anilines is 2. The summed E-state index contributed by atoms with van der Waals surface area (Å²) < 4.78 is 12.9. The SMILES string of the molecule is CC(C)CNCc1cnc(N(C)c2ccc(F)cc2)s1. The van der Waals surface area contributed by atoms with Crippen molar-refractivity contribution in [2.45, 2.75) is 20.4 Å². The first-order valence-corrected chi connectivity index (χ1v) is 7.52. The molecule has 1 aromatic carbocycles. The Morgan fingerprint density at radius 3 is 2.65 bits per heavy atom. The summed E-state index contributed by atoms with van der Waals surface area (Å²) in [6.07, 6.45) is 1.90. The fourth-order valence-electron chi connectivity index (χ4n) is 1.79. The fraction of sp³-hybridized carbons (Fsp3) is 0.400. The molecule has 0 aliphatic carbocycles. The summed E-state index contributed by atoms with van der Waals surface area (Å²) in [6.45, 7) is 6.22. The number of rotatable bonds is 6. The van der Waals surface area contributed by atoms with Gasteiger partial charge in [0.05, 0.1) is 0 Å². The van der Waals surface area contributed by atoms with Crippen molar-refractivity contribution in [3.8, 4) is 0 Å². The summed E-state index contributed by atoms with van der Waals surface area (Å²) in [7, 11) is 1.94. The normalized spacial score (nSPS) is 11.1. The summed E-state index contributed by atoms with van der Waals surface area (Å²) >= 11 is 1.65. The molecular weight excluding hydrogens is 273 g/mol. The second-order valence-corrected chi connectivity index (χ2v) is 6.26. The van der Waals surface area contributed by atoms with E-state index in [9.17, 15) is 4.39 Å². The second kappa shape index (κ2) is 6.81. The Morgan fingerprint density at radius 2 is 2.00 bits per heavy atom. The van der Waals surface area contributed by atoms with Gasteiger partial charge in [-0.2, -0.15) is 0 Å². The van der Waals surface area contributed by atoms with E-state index in [1.165, 1.54) is 17.0 Å². The Hall–Kier alpha value is -1.46. The first-order chi connectivity index (χ1) is 9.56. The van der Waals surface area contributed by atoms with Gasteiger partial charge in [-0.25, -0.2) is 9.37 Å². The van der Waals surface area contributed by atoms with E-state index < -0.39 is 0 Å². The highest BCUT2D eigenvalue weighted by molar-refractivity contribution is 7.15. The average Bonchev–Trinajstić information content (AvgIpc) is 2.87. The summed E-state index contributed by atoms with van der Waals surface area (Å²) in [6, 6.07) is 6.44. The van der Waals surface area contributed by atoms with Crippen LogP contribution >= 0.6 is 11.3 Å². The van der Waals surface area contributed by atoms with Crippen molar-refractivity contribution in [3.05, 3.63) is 41.2 Å². The van der Waals surface area contributed by atoms with Gasteiger partial charge in [0.25, 0.3) is 0 Å². The highest BCUT2D eigenvalue weighted by atomic mass is 32.1. The van der Waals surface area contributed by atoms with Gasteiger partial charge in [-0.3, -0.25) is 0 Å². The zero-order valence-corrected chi connectivity index (χ0v) is 12.9. The number of nitrogens with one attached hydrogen (secondary N) is 1. The summed E-state index contributed by atoms with van der Waals surface area (Å²) in [5.74, 6) is 0.421. The van der Waals surface area contributed by atoms with E-state index in [1.807, 2.05) is 18.1 Å². The van der Waals surface area contributed by atoms with Gasteiger partial charge in [0.2, 0.25) is 0 Å². The van der Waals surface area contributed by atoms with Crippen LogP contribution in [-0.2, 0) is 6.54 Å². The second-order valence-electron chi connectivity index (χ2n) is 5.17. The highest BCUT2D eigenvalue weighted by Crippen LogP contribution is 2.28. The van der Waals surface area contributed by atoms with E-state index in [0.29, 0.717) is 5.92 Å². The maximum Gasteiger partial charge on any atom is 0.189 e. The minimum absolute atomic E-state index is 0.222. The molecule has 0 fully saturated rings. The molecular formula is C15H20FN3S. The number of hydrogen-bond donors (Lipinski definition) is 1. The first kappa shape index (κ1) is 14.9. The van der Waals surface area contributed by atoms with Crippen molar-refractivity contribution >= 4 is 22.2 Å². The van der Waals surface area contributed by atoms with Gasteiger partial charge < -0.3 is 10.2 Å². The van der Waals surface area contributed by atoms with Crippen LogP contribution in [0.3, 0.4) is 0 Å². The predicted octanol–water partition coefficient (Wildman–Crippen LogP) is 3.80. The standard InChI is InChI=1S/C15H20FN3S/c1-11(2)8-17-9-14-10-18-15(20-14)19(3)13-6-4-12(16)5-7-13/h4-7,10-11,17H,8-9H2,1-3H3. The summed E-state index contributed by atoms with van der Waals surface area (Å²) in [5, 5.41) is 4.32. The van der Waals surface area contributed by atoms with Gasteiger partial charge in [-0.1, -0.05) is 13.8 Å². The summed E-state index contributed by atoms with van der Waals surface area (Å²) in [5.41, 5.74) is 0.933. The van der Waals surface area contributed by atoms with Crippen molar-refractivity contribution in [3.63, 3.8) is 0 Å². The maximum atomic E-state index is 12.9. The Morgan fingerprint density at radius 1 is 1.30 bits per heavy atom. The topological polar surface area (TPSA) is 28.2 Å². The summed E-state index contributed by atoms with van der Waals surface area (Å²) in [4.78, 5) is 7.60. The average molecular weight is 293 g/mol. The minimum atomic E-state index is -0.222. The van der Waals surface area contributed by atoms with Crippen molar-refractivity contribution in [1.29, 1.82) is 0 Å². The van der Waals surface area contributed by atoms with Crippen LogP contribution in [0.5, 0.6) is 0 Å². The lowest BCUT2D eigenvalue weighted by molar-refractivity contribution is 0.554. The lowest BCUT2D eigenvalue weighted by Gasteiger charge is -2.15. The van der Waals surface area contributed by atoms with Gasteiger partial charge in [-0.15, -0.1) is 11.3 Å². The van der Waals surface area contributed by atoms with E-state index in [2.05, 4.69) is 24.1 Å². The molecule has 0 aliphatic heterocycles. The van der Waals surface area contributed by atoms with Gasteiger partial charge >= 0.3 is 0 Å². The van der Waals surface area contributed by atoms with Gasteiger partial charge in [0.1, 0.15) is 5.82 Å². The van der Waals surface area contributed by atoms with Crippen molar-refractivity contribution in [2.75, 3.05) is 18.5 Å². The predicted molar refractivity (Wildman–Crippen MR) is 83.1 cm³/mol. The minimum Gasteiger partial charge on any atom is -0.321 e. The molecule has 5 heteroatoms. The molecule has 0 saturated heterocycles. The molecule has 0 atom stereocenters. The maximum absolute atomic E-state index is 12.9. The quantitative estimate of drug-likeness (QED) is 0.878. The zero-order valence-electron chi connectivity index (χ0n) is 12.1. The third-order valence-corrected chi connectivity index (χ3v) is 3.97. The van der Waals surface area contributed by atoms with Crippen molar-refractivity contribution < 1.29 is 4.39 Å². The molecule has 1 aromatic heterocycles. The number of aromatic nitrogens is 1. The van der Waals surface area contributed by atoms with Gasteiger partial charge in [0.15, 0.2) is 5.13 Å². The monoisotopic (exact) mass is 293 g/mol. The fourth-order valence-corrected chi connectivity index (χ4v) is 2.66. The molecule has 0 amide bonds. The van der Waals surface area contributed by atoms with Gasteiger partial charge in [0, 0.05) is 30.4 Å². The van der Waals surface area contributed by atoms with Crippen LogP contribution in [0.15, 0.2) is 30.5 Å². The molecule has 3 nitrogen and oxygen atoms in total. The van der Waals surface area contributed by atoms with Crippen LogP contribution in [0.25, 0.3) is 0 Å². The number of thiazole rings is 1. The first-order valence-electron chi connectivity index (χ1n) is 6.71. The Kier molecular flexibility index (Phi) is 5.09. The molecule has 108 valence electrons. The lowest BCUT2D eigenvalue weighted by Crippen LogP contribution is -2.18. The zero-order chi connectivity index (χ0) is 14.5. The third kappa shape index (κ3) is 4.02. The Balaban J connectivity index is 1.99. The highest BCUT2D eigenvalue weighted by Gasteiger charge is 2.09. The lowest BCUT2D eigenvalue weighted by atomic mass is 10.2. The van der Waals surface area contributed by atoms with Crippen molar-refractivity contribution in [1.82, 2.24) is 10.3 Å². The molecule has 0 bridgehead atoms. The van der Waals surface area contributed by atoms with E-state index in [4.69, 9.17) is 0 Å². The largest absolute Gasteiger partial charge is 0.321 e. The molecule has 1 heterocycles. The Bertz CT molecular complexity index is 536. The Labute approximate surface area is 123 Å². The van der Waals surface area contributed by atoms with Crippen LogP contribution in [0.4, 0.5) is 15.2 Å². The number of benzene rings is 1. The molecule has 1 N–H and O–H groups in total. The van der Waals surface area contributed by atoms with Crippen LogP contribution in [-0.4, -0.2) is 18.6 Å². The molecule has 2 rings (SSSR count). The van der Waals surface area contributed by atoms with Crippen LogP contribution in [0.2, 0.25) is 0 Å². The third-order valence-electron chi connectivity index (χ3n) is 2.89. The number of nitrogens with zero attached hydrogens (tertiary/aromatic N) is 2. The van der Waals surface area contributed by atoms with Crippen LogP contribution in [0, 0.1) is 11.7 Å². The molecule has 0 spiro atoms. The molecule has 0 aliphatic rings. The molecule has 0 saturated carbocycles. The molecule has 20 heavy (non-hydrogen) atoms. The van der Waals surface area contributed by atoms with E-state index in [-0.39, 0.29) is 5.82 Å². The van der Waals surface area contributed by atoms with E-state index in [1.54, 1.807) is 23.5 Å². The van der Waals surface area contributed by atoms with Gasteiger partial charge in [-0.05, 0) is 36.7 Å². The molecule has 0 unspecified atom stereocenters. The molecule has 0 radical (unpaired) electrons.